The predicted octanol–water partition coefficient (Wildman–Crippen LogP) is 3.37. The Morgan fingerprint density at radius 1 is 1.10 bits per heavy atom. The van der Waals surface area contributed by atoms with E-state index in [1.54, 1.807) is 19.3 Å². The number of benzene rings is 1. The molecule has 0 bridgehead atoms. The van der Waals surface area contributed by atoms with Crippen molar-refractivity contribution in [1.29, 1.82) is 0 Å². The second kappa shape index (κ2) is 9.40. The van der Waals surface area contributed by atoms with Crippen molar-refractivity contribution >= 4 is 17.7 Å². The zero-order valence-electron chi connectivity index (χ0n) is 16.2. The normalized spacial score (nSPS) is 11.0. The van der Waals surface area contributed by atoms with Crippen LogP contribution in [0.1, 0.15) is 24.4 Å². The Labute approximate surface area is 176 Å². The number of carbonyl (C=O) groups excluding carboxylic acids is 1. The Bertz CT molecular complexity index is 1090. The molecule has 0 spiro atoms. The number of aromatic nitrogens is 5. The van der Waals surface area contributed by atoms with Crippen molar-refractivity contribution in [1.82, 2.24) is 25.0 Å². The Morgan fingerprint density at radius 3 is 2.73 bits per heavy atom. The van der Waals surface area contributed by atoms with E-state index in [-0.39, 0.29) is 12.4 Å². The Morgan fingerprint density at radius 2 is 1.97 bits per heavy atom. The van der Waals surface area contributed by atoms with Gasteiger partial charge in [0.1, 0.15) is 18.0 Å². The molecule has 4 aromatic rings. The third-order valence-electron chi connectivity index (χ3n) is 4.11. The van der Waals surface area contributed by atoms with Crippen LogP contribution in [0.5, 0.6) is 0 Å². The van der Waals surface area contributed by atoms with Gasteiger partial charge in [0.05, 0.1) is 25.2 Å². The highest BCUT2D eigenvalue weighted by molar-refractivity contribution is 7.98. The van der Waals surface area contributed by atoms with Crippen LogP contribution >= 0.6 is 11.8 Å². The van der Waals surface area contributed by atoms with E-state index in [4.69, 9.17) is 13.6 Å². The molecule has 3 aromatic heterocycles. The van der Waals surface area contributed by atoms with Crippen LogP contribution < -0.4 is 0 Å². The van der Waals surface area contributed by atoms with E-state index < -0.39 is 0 Å². The molecular formula is C20H19N5O4S. The molecular weight excluding hydrogens is 406 g/mol. The first-order chi connectivity index (χ1) is 14.7. The highest BCUT2D eigenvalue weighted by Crippen LogP contribution is 2.25. The van der Waals surface area contributed by atoms with Gasteiger partial charge in [-0.05, 0) is 31.2 Å². The molecule has 0 unspecified atom stereocenters. The summed E-state index contributed by atoms with van der Waals surface area (Å²) in [5, 5.41) is 17.2. The van der Waals surface area contributed by atoms with Gasteiger partial charge in [-0.1, -0.05) is 30.0 Å². The van der Waals surface area contributed by atoms with Gasteiger partial charge in [-0.15, -0.1) is 20.4 Å². The van der Waals surface area contributed by atoms with E-state index in [1.807, 2.05) is 41.0 Å². The first-order valence-corrected chi connectivity index (χ1v) is 10.3. The quantitative estimate of drug-likeness (QED) is 0.294. The van der Waals surface area contributed by atoms with E-state index in [0.717, 1.165) is 11.3 Å². The average Bonchev–Trinajstić information content (AvgIpc) is 3.51. The molecule has 0 amide bonds. The first kappa shape index (κ1) is 19.9. The fraction of sp³-hybridized carbons (Fsp3) is 0.250. The number of nitrogens with zero attached hydrogens (tertiary/aromatic N) is 5. The molecule has 0 aliphatic rings. The third kappa shape index (κ3) is 4.77. The van der Waals surface area contributed by atoms with Crippen molar-refractivity contribution in [2.75, 3.05) is 6.61 Å². The van der Waals surface area contributed by atoms with E-state index in [2.05, 4.69) is 20.4 Å². The van der Waals surface area contributed by atoms with Gasteiger partial charge in [0.2, 0.25) is 11.8 Å². The van der Waals surface area contributed by atoms with Crippen molar-refractivity contribution < 1.29 is 18.4 Å². The number of carbonyl (C=O) groups is 1. The summed E-state index contributed by atoms with van der Waals surface area (Å²) in [5.41, 5.74) is 0.860. The molecule has 0 saturated carbocycles. The monoisotopic (exact) mass is 425 g/mol. The van der Waals surface area contributed by atoms with Gasteiger partial charge in [-0.2, -0.15) is 0 Å². The fourth-order valence-electron chi connectivity index (χ4n) is 2.75. The van der Waals surface area contributed by atoms with Crippen LogP contribution in [0, 0.1) is 0 Å². The van der Waals surface area contributed by atoms with Crippen LogP contribution in [0.4, 0.5) is 0 Å². The molecule has 4 rings (SSSR count). The lowest BCUT2D eigenvalue weighted by Crippen LogP contribution is -2.13. The summed E-state index contributed by atoms with van der Waals surface area (Å²) in [6, 6.07) is 13.2. The summed E-state index contributed by atoms with van der Waals surface area (Å²) in [6.07, 6.45) is 1.63. The molecule has 0 N–H and O–H groups in total. The maximum atomic E-state index is 11.9. The molecule has 0 radical (unpaired) electrons. The topological polar surface area (TPSA) is 109 Å². The molecule has 0 aliphatic heterocycles. The van der Waals surface area contributed by atoms with Crippen LogP contribution in [-0.2, 0) is 28.2 Å². The van der Waals surface area contributed by atoms with Crippen LogP contribution in [0.15, 0.2) is 62.7 Å². The molecule has 9 nitrogen and oxygen atoms in total. The summed E-state index contributed by atoms with van der Waals surface area (Å²) in [4.78, 5) is 11.9. The van der Waals surface area contributed by atoms with E-state index >= 15 is 0 Å². The maximum Gasteiger partial charge on any atom is 0.313 e. The summed E-state index contributed by atoms with van der Waals surface area (Å²) in [5.74, 6) is 2.22. The van der Waals surface area contributed by atoms with Gasteiger partial charge in [-0.25, -0.2) is 0 Å². The van der Waals surface area contributed by atoms with Crippen LogP contribution in [0.25, 0.3) is 11.5 Å². The van der Waals surface area contributed by atoms with Crippen molar-refractivity contribution in [3.05, 3.63) is 66.2 Å². The number of hydrogen-bond acceptors (Lipinski definition) is 9. The molecule has 30 heavy (non-hydrogen) atoms. The largest absolute Gasteiger partial charge is 0.467 e. The lowest BCUT2D eigenvalue weighted by Gasteiger charge is -2.08. The number of esters is 1. The summed E-state index contributed by atoms with van der Waals surface area (Å²) >= 11 is 1.39. The first-order valence-electron chi connectivity index (χ1n) is 9.33. The molecule has 3 heterocycles. The number of thioether (sulfide) groups is 1. The molecule has 0 saturated heterocycles. The predicted molar refractivity (Wildman–Crippen MR) is 107 cm³/mol. The Kier molecular flexibility index (Phi) is 6.23. The average molecular weight is 425 g/mol. The second-order valence-electron chi connectivity index (χ2n) is 6.20. The number of furan rings is 1. The van der Waals surface area contributed by atoms with Gasteiger partial charge in [0, 0.05) is 5.56 Å². The van der Waals surface area contributed by atoms with Crippen molar-refractivity contribution in [3.63, 3.8) is 0 Å². The molecule has 1 aromatic carbocycles. The second-order valence-corrected chi connectivity index (χ2v) is 7.14. The molecule has 154 valence electrons. The molecule has 0 aliphatic carbocycles. The Hall–Kier alpha value is -3.40. The molecule has 0 atom stereocenters. The highest BCUT2D eigenvalue weighted by Gasteiger charge is 2.19. The van der Waals surface area contributed by atoms with Gasteiger partial charge in [0.25, 0.3) is 0 Å². The molecule has 0 fully saturated rings. The third-order valence-corrected chi connectivity index (χ3v) is 5.06. The molecule has 10 heteroatoms. The summed E-state index contributed by atoms with van der Waals surface area (Å²) in [6.45, 7) is 2.48. The van der Waals surface area contributed by atoms with E-state index in [1.165, 1.54) is 11.8 Å². The maximum absolute atomic E-state index is 11.9. The van der Waals surface area contributed by atoms with Crippen LogP contribution in [0.2, 0.25) is 0 Å². The van der Waals surface area contributed by atoms with Crippen molar-refractivity contribution in [2.45, 2.75) is 30.8 Å². The minimum Gasteiger partial charge on any atom is -0.467 e. The Balaban J connectivity index is 1.50. The SMILES string of the molecule is CCOC(=O)Cc1nnc(SCc2nnc(-c3ccccc3)o2)n1Cc1ccco1. The van der Waals surface area contributed by atoms with Crippen molar-refractivity contribution in [3.8, 4) is 11.5 Å². The van der Waals surface area contributed by atoms with Gasteiger partial charge < -0.3 is 13.6 Å². The van der Waals surface area contributed by atoms with Crippen molar-refractivity contribution in [2.24, 2.45) is 0 Å². The smallest absolute Gasteiger partial charge is 0.313 e. The van der Waals surface area contributed by atoms with E-state index in [9.17, 15) is 4.79 Å². The van der Waals surface area contributed by atoms with Gasteiger partial charge in [-0.3, -0.25) is 9.36 Å². The minimum atomic E-state index is -0.355. The summed E-state index contributed by atoms with van der Waals surface area (Å²) < 4.78 is 18.1. The minimum absolute atomic E-state index is 0.0286. The zero-order valence-corrected chi connectivity index (χ0v) is 17.0. The van der Waals surface area contributed by atoms with Gasteiger partial charge in [0.15, 0.2) is 5.16 Å². The van der Waals surface area contributed by atoms with E-state index in [0.29, 0.717) is 41.7 Å². The summed E-state index contributed by atoms with van der Waals surface area (Å²) in [7, 11) is 0. The highest BCUT2D eigenvalue weighted by atomic mass is 32.2. The standard InChI is InChI=1S/C20H19N5O4S/c1-2-27-18(26)11-16-21-24-20(25(16)12-15-9-6-10-28-15)30-13-17-22-23-19(29-17)14-7-4-3-5-8-14/h3-10H,2,11-13H2,1H3. The lowest BCUT2D eigenvalue weighted by molar-refractivity contribution is -0.142. The van der Waals surface area contributed by atoms with Crippen LogP contribution in [0.3, 0.4) is 0 Å². The van der Waals surface area contributed by atoms with Gasteiger partial charge >= 0.3 is 5.97 Å². The lowest BCUT2D eigenvalue weighted by atomic mass is 10.2. The number of rotatable bonds is 9. The van der Waals surface area contributed by atoms with Crippen LogP contribution in [-0.4, -0.2) is 37.5 Å². The zero-order chi connectivity index (χ0) is 20.8. The number of hydrogen-bond donors (Lipinski definition) is 0. The fourth-order valence-corrected chi connectivity index (χ4v) is 3.54. The number of ether oxygens (including phenoxy) is 1.